The molecule has 2 heterocycles. The summed E-state index contributed by atoms with van der Waals surface area (Å²) >= 11 is 5.22. The number of carbonyl (C=O) groups is 1. The van der Waals surface area contributed by atoms with E-state index in [2.05, 4.69) is 20.9 Å². The molecule has 1 saturated heterocycles. The number of rotatable bonds is 5. The summed E-state index contributed by atoms with van der Waals surface area (Å²) in [5.41, 5.74) is 2.06. The van der Waals surface area contributed by atoms with Crippen LogP contribution < -0.4 is 15.5 Å². The molecule has 1 amide bonds. The van der Waals surface area contributed by atoms with Crippen LogP contribution in [-0.4, -0.2) is 51.4 Å². The molecule has 1 atom stereocenters. The van der Waals surface area contributed by atoms with Crippen LogP contribution in [0.3, 0.4) is 0 Å². The number of thiocarbonyl (C=S) groups is 1. The van der Waals surface area contributed by atoms with Crippen LogP contribution in [0.1, 0.15) is 12.8 Å². The molecule has 1 saturated carbocycles. The lowest BCUT2D eigenvalue weighted by Gasteiger charge is -2.15. The van der Waals surface area contributed by atoms with Crippen molar-refractivity contribution in [3.8, 4) is 5.69 Å². The quantitative estimate of drug-likeness (QED) is 0.607. The Morgan fingerprint density at radius 2 is 2.10 bits per heavy atom. The number of anilines is 1. The number of carbonyl (C=O) groups excluding carboxylic acids is 1. The first-order valence-electron chi connectivity index (χ1n) is 9.71. The highest BCUT2D eigenvalue weighted by atomic mass is 32.1. The van der Waals surface area contributed by atoms with Crippen molar-refractivity contribution in [1.29, 1.82) is 0 Å². The van der Waals surface area contributed by atoms with Gasteiger partial charge in [0.25, 0.3) is 0 Å². The van der Waals surface area contributed by atoms with E-state index in [0.29, 0.717) is 41.0 Å². The van der Waals surface area contributed by atoms with Crippen LogP contribution in [0.4, 0.5) is 14.9 Å². The topological polar surface area (TPSA) is 84.3 Å². The molecular formula is C20H19FN6O2S. The maximum absolute atomic E-state index is 14.9. The summed E-state index contributed by atoms with van der Waals surface area (Å²) in [5.74, 6) is -0.507. The lowest BCUT2D eigenvalue weighted by Crippen LogP contribution is -2.41. The molecule has 3 aromatic rings. The van der Waals surface area contributed by atoms with Crippen LogP contribution in [0.2, 0.25) is 0 Å². The molecule has 154 valence electrons. The van der Waals surface area contributed by atoms with E-state index in [1.807, 2.05) is 24.3 Å². The fraction of sp³-hybridized carbons (Fsp3) is 0.300. The normalized spacial score (nSPS) is 18.5. The summed E-state index contributed by atoms with van der Waals surface area (Å²) in [4.78, 5) is 13.7. The number of fused-ring (bicyclic) bond motifs is 1. The molecule has 1 aliphatic heterocycles. The fourth-order valence-electron chi connectivity index (χ4n) is 3.39. The Hall–Kier alpha value is -3.27. The first kappa shape index (κ1) is 18.7. The van der Waals surface area contributed by atoms with E-state index in [9.17, 15) is 9.18 Å². The molecule has 30 heavy (non-hydrogen) atoms. The smallest absolute Gasteiger partial charge is 0.414 e. The second-order valence-electron chi connectivity index (χ2n) is 7.37. The highest BCUT2D eigenvalue weighted by molar-refractivity contribution is 7.80. The number of benzene rings is 2. The van der Waals surface area contributed by atoms with E-state index < -0.39 is 11.9 Å². The second-order valence-corrected chi connectivity index (χ2v) is 7.78. The van der Waals surface area contributed by atoms with Crippen molar-refractivity contribution in [2.45, 2.75) is 25.0 Å². The van der Waals surface area contributed by atoms with Gasteiger partial charge < -0.3 is 15.4 Å². The van der Waals surface area contributed by atoms with E-state index >= 15 is 0 Å². The van der Waals surface area contributed by atoms with Crippen molar-refractivity contribution < 1.29 is 13.9 Å². The number of nitrogens with zero attached hydrogens (tertiary/aromatic N) is 4. The van der Waals surface area contributed by atoms with Gasteiger partial charge >= 0.3 is 6.09 Å². The Labute approximate surface area is 177 Å². The van der Waals surface area contributed by atoms with Gasteiger partial charge in [0.05, 0.1) is 24.3 Å². The van der Waals surface area contributed by atoms with Gasteiger partial charge in [-0.1, -0.05) is 17.3 Å². The van der Waals surface area contributed by atoms with Gasteiger partial charge in [0.1, 0.15) is 17.3 Å². The zero-order chi connectivity index (χ0) is 20.7. The molecule has 8 nitrogen and oxygen atoms in total. The highest BCUT2D eigenvalue weighted by Gasteiger charge is 2.33. The van der Waals surface area contributed by atoms with E-state index in [1.165, 1.54) is 15.6 Å². The number of nitrogens with one attached hydrogen (secondary N) is 2. The van der Waals surface area contributed by atoms with E-state index in [4.69, 9.17) is 17.0 Å². The number of ether oxygens (including phenoxy) is 1. The average Bonchev–Trinajstić information content (AvgIpc) is 3.32. The zero-order valence-electron chi connectivity index (χ0n) is 15.9. The lowest BCUT2D eigenvalue weighted by molar-refractivity contribution is 0.143. The monoisotopic (exact) mass is 426 g/mol. The van der Waals surface area contributed by atoms with Crippen LogP contribution >= 0.6 is 12.2 Å². The van der Waals surface area contributed by atoms with Crippen LogP contribution in [0.25, 0.3) is 16.7 Å². The Balaban J connectivity index is 1.29. The summed E-state index contributed by atoms with van der Waals surface area (Å²) in [6.07, 6.45) is 1.36. The summed E-state index contributed by atoms with van der Waals surface area (Å²) in [6, 6.07) is 12.3. The standard InChI is InChI=1S/C20H19FN6O2S/c21-15-9-13(7-8-17(15)27-18-4-2-1-3-16(18)24-25-27)26-11-14(29-20(26)28)10-22-19(30)23-12-5-6-12/h1-4,7-9,12,14H,5-6,10-11H2,(H2,22,23,30)/t14-/m0/s1. The van der Waals surface area contributed by atoms with Gasteiger partial charge in [0.2, 0.25) is 0 Å². The number of aromatic nitrogens is 3. The maximum Gasteiger partial charge on any atom is 0.414 e. The molecule has 1 aliphatic carbocycles. The van der Waals surface area contributed by atoms with Crippen molar-refractivity contribution >= 4 is 40.1 Å². The van der Waals surface area contributed by atoms with Crippen LogP contribution in [0, 0.1) is 5.82 Å². The van der Waals surface area contributed by atoms with Gasteiger partial charge in [-0.15, -0.1) is 5.10 Å². The number of halogens is 1. The SMILES string of the molecule is O=C1O[C@@H](CNC(=S)NC2CC2)CN1c1ccc(-n2nnc3ccccc32)c(F)c1. The molecule has 10 heteroatoms. The van der Waals surface area contributed by atoms with Gasteiger partial charge in [-0.05, 0) is 55.4 Å². The van der Waals surface area contributed by atoms with Crippen molar-refractivity contribution in [2.75, 3.05) is 18.0 Å². The molecule has 0 unspecified atom stereocenters. The second kappa shape index (κ2) is 7.52. The molecule has 0 bridgehead atoms. The van der Waals surface area contributed by atoms with Crippen LogP contribution in [0.5, 0.6) is 0 Å². The Morgan fingerprint density at radius 1 is 1.27 bits per heavy atom. The third-order valence-electron chi connectivity index (χ3n) is 5.10. The molecule has 2 N–H and O–H groups in total. The lowest BCUT2D eigenvalue weighted by atomic mass is 10.2. The number of amides is 1. The third kappa shape index (κ3) is 3.65. The van der Waals surface area contributed by atoms with Gasteiger partial charge in [-0.25, -0.2) is 13.9 Å². The minimum absolute atomic E-state index is 0.259. The predicted octanol–water partition coefficient (Wildman–Crippen LogP) is 2.51. The largest absolute Gasteiger partial charge is 0.442 e. The first-order chi connectivity index (χ1) is 14.6. The molecule has 1 aromatic heterocycles. The fourth-order valence-corrected chi connectivity index (χ4v) is 3.64. The maximum atomic E-state index is 14.9. The Morgan fingerprint density at radius 3 is 2.90 bits per heavy atom. The van der Waals surface area contributed by atoms with E-state index in [0.717, 1.165) is 12.8 Å². The van der Waals surface area contributed by atoms with Crippen molar-refractivity contribution in [2.24, 2.45) is 0 Å². The molecule has 2 aliphatic rings. The van der Waals surface area contributed by atoms with E-state index in [-0.39, 0.29) is 11.8 Å². The molecule has 5 rings (SSSR count). The van der Waals surface area contributed by atoms with Crippen LogP contribution in [0.15, 0.2) is 42.5 Å². The summed E-state index contributed by atoms with van der Waals surface area (Å²) < 4.78 is 21.7. The third-order valence-corrected chi connectivity index (χ3v) is 5.36. The molecular weight excluding hydrogens is 407 g/mol. The van der Waals surface area contributed by atoms with Gasteiger partial charge in [0.15, 0.2) is 10.9 Å². The molecule has 2 aromatic carbocycles. The number of hydrogen-bond donors (Lipinski definition) is 2. The predicted molar refractivity (Wildman–Crippen MR) is 113 cm³/mol. The number of hydrogen-bond acceptors (Lipinski definition) is 5. The summed E-state index contributed by atoms with van der Waals surface area (Å²) in [5, 5.41) is 14.9. The van der Waals surface area contributed by atoms with Crippen molar-refractivity contribution in [1.82, 2.24) is 25.6 Å². The number of para-hydroxylation sites is 1. The first-order valence-corrected chi connectivity index (χ1v) is 10.1. The number of cyclic esters (lactones) is 1. The highest BCUT2D eigenvalue weighted by Crippen LogP contribution is 2.26. The van der Waals surface area contributed by atoms with E-state index in [1.54, 1.807) is 12.1 Å². The molecule has 0 radical (unpaired) electrons. The average molecular weight is 426 g/mol. The Bertz CT molecular complexity index is 1130. The molecule has 0 spiro atoms. The van der Waals surface area contributed by atoms with Crippen molar-refractivity contribution in [3.63, 3.8) is 0 Å². The van der Waals surface area contributed by atoms with Gasteiger partial charge in [-0.3, -0.25) is 4.90 Å². The summed E-state index contributed by atoms with van der Waals surface area (Å²) in [6.45, 7) is 0.704. The Kier molecular flexibility index (Phi) is 4.70. The van der Waals surface area contributed by atoms with Crippen molar-refractivity contribution in [3.05, 3.63) is 48.3 Å². The minimum Gasteiger partial charge on any atom is -0.442 e. The zero-order valence-corrected chi connectivity index (χ0v) is 16.7. The minimum atomic E-state index is -0.513. The summed E-state index contributed by atoms with van der Waals surface area (Å²) in [7, 11) is 0. The van der Waals surface area contributed by atoms with Gasteiger partial charge in [-0.2, -0.15) is 0 Å². The van der Waals surface area contributed by atoms with Crippen LogP contribution in [-0.2, 0) is 4.74 Å². The molecule has 2 fully saturated rings. The van der Waals surface area contributed by atoms with Gasteiger partial charge in [0, 0.05) is 6.04 Å².